The lowest BCUT2D eigenvalue weighted by Gasteiger charge is -2.09. The maximum Gasteiger partial charge on any atom is 0.175 e. The van der Waals surface area contributed by atoms with Gasteiger partial charge < -0.3 is 10.6 Å². The van der Waals surface area contributed by atoms with Crippen LogP contribution in [0.2, 0.25) is 5.02 Å². The van der Waals surface area contributed by atoms with Crippen molar-refractivity contribution in [3.8, 4) is 0 Å². The standard InChI is InChI=1S/C18H16ClFN4S/c1-12-3-2-4-13(7-12)10-24-11-15(9-21-24)23-18(25)22-14-5-6-17(20)16(19)8-14/h2-9,11H,10H2,1H3,(H2,22,23,25). The van der Waals surface area contributed by atoms with Gasteiger partial charge in [-0.15, -0.1) is 0 Å². The van der Waals surface area contributed by atoms with E-state index >= 15 is 0 Å². The first-order chi connectivity index (χ1) is 12.0. The van der Waals surface area contributed by atoms with Crippen molar-refractivity contribution < 1.29 is 4.39 Å². The van der Waals surface area contributed by atoms with E-state index in [1.54, 1.807) is 12.3 Å². The molecule has 2 N–H and O–H groups in total. The molecular formula is C18H16ClFN4S. The van der Waals surface area contributed by atoms with Crippen LogP contribution in [0.4, 0.5) is 15.8 Å². The number of thiocarbonyl (C=S) groups is 1. The zero-order chi connectivity index (χ0) is 17.8. The molecule has 25 heavy (non-hydrogen) atoms. The van der Waals surface area contributed by atoms with Crippen LogP contribution in [-0.4, -0.2) is 14.9 Å². The van der Waals surface area contributed by atoms with E-state index < -0.39 is 5.82 Å². The van der Waals surface area contributed by atoms with Gasteiger partial charge in [0.25, 0.3) is 0 Å². The zero-order valence-electron chi connectivity index (χ0n) is 13.5. The number of nitrogens with one attached hydrogen (secondary N) is 2. The smallest absolute Gasteiger partial charge is 0.175 e. The summed E-state index contributed by atoms with van der Waals surface area (Å²) >= 11 is 11.0. The first kappa shape index (κ1) is 17.4. The Morgan fingerprint density at radius 2 is 2.00 bits per heavy atom. The summed E-state index contributed by atoms with van der Waals surface area (Å²) in [6.07, 6.45) is 3.56. The monoisotopic (exact) mass is 374 g/mol. The molecule has 128 valence electrons. The van der Waals surface area contributed by atoms with Crippen molar-refractivity contribution in [2.24, 2.45) is 0 Å². The molecule has 0 unspecified atom stereocenters. The molecule has 3 rings (SSSR count). The molecule has 2 aromatic carbocycles. The molecular weight excluding hydrogens is 359 g/mol. The number of nitrogens with zero attached hydrogens (tertiary/aromatic N) is 2. The van der Waals surface area contributed by atoms with E-state index in [-0.39, 0.29) is 5.02 Å². The Hall–Kier alpha value is -2.44. The Labute approximate surface area is 155 Å². The number of hydrogen-bond donors (Lipinski definition) is 2. The fourth-order valence-electron chi connectivity index (χ4n) is 2.38. The Bertz CT molecular complexity index is 910. The third-order valence-corrected chi connectivity index (χ3v) is 3.99. The minimum atomic E-state index is -0.469. The second-order valence-corrected chi connectivity index (χ2v) is 6.44. The summed E-state index contributed by atoms with van der Waals surface area (Å²) in [4.78, 5) is 0. The zero-order valence-corrected chi connectivity index (χ0v) is 15.0. The Balaban J connectivity index is 1.60. The minimum absolute atomic E-state index is 0.0405. The Morgan fingerprint density at radius 3 is 2.76 bits per heavy atom. The van der Waals surface area contributed by atoms with Crippen LogP contribution >= 0.6 is 23.8 Å². The normalized spacial score (nSPS) is 10.5. The molecule has 7 heteroatoms. The molecule has 1 heterocycles. The highest BCUT2D eigenvalue weighted by Crippen LogP contribution is 2.19. The van der Waals surface area contributed by atoms with E-state index in [1.807, 2.05) is 16.9 Å². The largest absolute Gasteiger partial charge is 0.332 e. The van der Waals surface area contributed by atoms with E-state index in [0.717, 1.165) is 5.69 Å². The maximum absolute atomic E-state index is 13.2. The predicted octanol–water partition coefficient (Wildman–Crippen LogP) is 4.84. The molecule has 0 aliphatic carbocycles. The molecule has 0 amide bonds. The highest BCUT2D eigenvalue weighted by atomic mass is 35.5. The number of benzene rings is 2. The van der Waals surface area contributed by atoms with Gasteiger partial charge in [-0.2, -0.15) is 5.10 Å². The van der Waals surface area contributed by atoms with Gasteiger partial charge in [0.2, 0.25) is 0 Å². The van der Waals surface area contributed by atoms with Crippen molar-refractivity contribution in [2.45, 2.75) is 13.5 Å². The van der Waals surface area contributed by atoms with Gasteiger partial charge in [-0.1, -0.05) is 41.4 Å². The average molecular weight is 375 g/mol. The lowest BCUT2D eigenvalue weighted by Crippen LogP contribution is -2.18. The molecule has 0 saturated heterocycles. The van der Waals surface area contributed by atoms with Crippen molar-refractivity contribution in [1.82, 2.24) is 9.78 Å². The molecule has 0 radical (unpaired) electrons. The van der Waals surface area contributed by atoms with E-state index in [2.05, 4.69) is 40.9 Å². The third kappa shape index (κ3) is 4.78. The second kappa shape index (κ2) is 7.63. The van der Waals surface area contributed by atoms with Gasteiger partial charge >= 0.3 is 0 Å². The highest BCUT2D eigenvalue weighted by molar-refractivity contribution is 7.80. The average Bonchev–Trinajstić information content (AvgIpc) is 2.98. The van der Waals surface area contributed by atoms with Crippen molar-refractivity contribution in [3.05, 3.63) is 76.8 Å². The van der Waals surface area contributed by atoms with Crippen LogP contribution in [0.25, 0.3) is 0 Å². The fourth-order valence-corrected chi connectivity index (χ4v) is 2.80. The maximum atomic E-state index is 13.2. The lowest BCUT2D eigenvalue weighted by molar-refractivity contribution is 0.628. The summed E-state index contributed by atoms with van der Waals surface area (Å²) in [5.74, 6) is -0.469. The summed E-state index contributed by atoms with van der Waals surface area (Å²) in [5, 5.41) is 10.7. The van der Waals surface area contributed by atoms with E-state index in [1.165, 1.54) is 23.3 Å². The van der Waals surface area contributed by atoms with Crippen molar-refractivity contribution >= 4 is 40.3 Å². The minimum Gasteiger partial charge on any atom is -0.332 e. The molecule has 0 spiro atoms. The van der Waals surface area contributed by atoms with Gasteiger partial charge in [-0.3, -0.25) is 4.68 Å². The van der Waals surface area contributed by atoms with Crippen molar-refractivity contribution in [1.29, 1.82) is 0 Å². The molecule has 0 atom stereocenters. The molecule has 0 saturated carbocycles. The summed E-state index contributed by atoms with van der Waals surface area (Å²) in [6, 6.07) is 12.6. The quantitative estimate of drug-likeness (QED) is 0.641. The van der Waals surface area contributed by atoms with Crippen LogP contribution in [0.3, 0.4) is 0 Å². The van der Waals surface area contributed by atoms with Crippen LogP contribution < -0.4 is 10.6 Å². The van der Waals surface area contributed by atoms with Gasteiger partial charge in [0, 0.05) is 11.9 Å². The van der Waals surface area contributed by atoms with Crippen molar-refractivity contribution in [3.63, 3.8) is 0 Å². The molecule has 4 nitrogen and oxygen atoms in total. The molecule has 1 aromatic heterocycles. The number of rotatable bonds is 4. The molecule has 0 bridgehead atoms. The number of halogens is 2. The summed E-state index contributed by atoms with van der Waals surface area (Å²) in [6.45, 7) is 2.74. The summed E-state index contributed by atoms with van der Waals surface area (Å²) in [7, 11) is 0. The highest BCUT2D eigenvalue weighted by Gasteiger charge is 2.05. The first-order valence-corrected chi connectivity index (χ1v) is 8.39. The lowest BCUT2D eigenvalue weighted by atomic mass is 10.1. The van der Waals surface area contributed by atoms with Gasteiger partial charge in [-0.05, 0) is 42.9 Å². The van der Waals surface area contributed by atoms with Crippen LogP contribution in [-0.2, 0) is 6.54 Å². The molecule has 0 fully saturated rings. The third-order valence-electron chi connectivity index (χ3n) is 3.50. The Morgan fingerprint density at radius 1 is 1.20 bits per heavy atom. The number of aromatic nitrogens is 2. The fraction of sp³-hybridized carbons (Fsp3) is 0.111. The van der Waals surface area contributed by atoms with Crippen molar-refractivity contribution in [2.75, 3.05) is 10.6 Å². The van der Waals surface area contributed by atoms with Gasteiger partial charge in [0.1, 0.15) is 5.82 Å². The summed E-state index contributed by atoms with van der Waals surface area (Å²) < 4.78 is 15.0. The SMILES string of the molecule is Cc1cccc(Cn2cc(NC(=S)Nc3ccc(F)c(Cl)c3)cn2)c1. The number of anilines is 2. The summed E-state index contributed by atoms with van der Waals surface area (Å²) in [5.41, 5.74) is 3.76. The van der Waals surface area contributed by atoms with Crippen LogP contribution in [0.1, 0.15) is 11.1 Å². The van der Waals surface area contributed by atoms with E-state index in [9.17, 15) is 4.39 Å². The van der Waals surface area contributed by atoms with E-state index in [4.69, 9.17) is 23.8 Å². The van der Waals surface area contributed by atoms with Gasteiger partial charge in [-0.25, -0.2) is 4.39 Å². The topological polar surface area (TPSA) is 41.9 Å². The second-order valence-electron chi connectivity index (χ2n) is 5.62. The van der Waals surface area contributed by atoms with E-state index in [0.29, 0.717) is 17.3 Å². The Kier molecular flexibility index (Phi) is 5.31. The number of hydrogen-bond acceptors (Lipinski definition) is 2. The van der Waals surface area contributed by atoms with Gasteiger partial charge in [0.05, 0.1) is 23.5 Å². The van der Waals surface area contributed by atoms with Gasteiger partial charge in [0.15, 0.2) is 5.11 Å². The molecule has 0 aliphatic rings. The van der Waals surface area contributed by atoms with Crippen LogP contribution in [0.5, 0.6) is 0 Å². The molecule has 3 aromatic rings. The number of aryl methyl sites for hydroxylation is 1. The van der Waals surface area contributed by atoms with Crippen LogP contribution in [0.15, 0.2) is 54.9 Å². The van der Waals surface area contributed by atoms with Crippen LogP contribution in [0, 0.1) is 12.7 Å². The predicted molar refractivity (Wildman–Crippen MR) is 104 cm³/mol. The first-order valence-electron chi connectivity index (χ1n) is 7.61. The molecule has 0 aliphatic heterocycles.